The van der Waals surface area contributed by atoms with Crippen LogP contribution in [0.2, 0.25) is 0 Å². The number of fused-ring (bicyclic) bond motifs is 12. The maximum absolute atomic E-state index is 6.55. The molecule has 0 radical (unpaired) electrons. The van der Waals surface area contributed by atoms with Crippen LogP contribution in [0.1, 0.15) is 11.1 Å². The summed E-state index contributed by atoms with van der Waals surface area (Å²) in [4.78, 5) is 0. The second kappa shape index (κ2) is 12.3. The average molecular weight is 770 g/mol. The molecule has 282 valence electrons. The van der Waals surface area contributed by atoms with E-state index in [9.17, 15) is 0 Å². The van der Waals surface area contributed by atoms with Gasteiger partial charge in [-0.2, -0.15) is 0 Å². The molecule has 13 rings (SSSR count). The first-order valence-corrected chi connectivity index (χ1v) is 20.5. The molecule has 0 aliphatic carbocycles. The first kappa shape index (κ1) is 33.2. The van der Waals surface area contributed by atoms with Crippen molar-refractivity contribution in [1.29, 1.82) is 0 Å². The number of aromatic nitrogens is 1. The zero-order valence-corrected chi connectivity index (χ0v) is 32.9. The predicted octanol–water partition coefficient (Wildman–Crippen LogP) is 16.1. The SMILES string of the molecule is Cc1ccc2oc3ccc(-c4ccc5oc6cc(-c7ccc8c(c7)c7cc(-c9ccc%10oc%11ccc(C)cc%11c%10c9)ccc7n8-c7ccccc7)ccc6c5c4)cc3c2c1. The lowest BCUT2D eigenvalue weighted by atomic mass is 9.98. The minimum Gasteiger partial charge on any atom is -0.456 e. The van der Waals surface area contributed by atoms with Crippen molar-refractivity contribution < 1.29 is 13.3 Å². The Morgan fingerprint density at radius 2 is 0.650 bits per heavy atom. The maximum atomic E-state index is 6.55. The highest BCUT2D eigenvalue weighted by atomic mass is 16.3. The van der Waals surface area contributed by atoms with Gasteiger partial charge in [-0.15, -0.1) is 0 Å². The molecule has 0 saturated heterocycles. The van der Waals surface area contributed by atoms with Gasteiger partial charge in [-0.3, -0.25) is 0 Å². The number of para-hydroxylation sites is 1. The lowest BCUT2D eigenvalue weighted by molar-refractivity contribution is 0.668. The van der Waals surface area contributed by atoms with E-state index in [0.29, 0.717) is 0 Å². The Morgan fingerprint density at radius 3 is 1.15 bits per heavy atom. The summed E-state index contributed by atoms with van der Waals surface area (Å²) < 4.78 is 21.3. The van der Waals surface area contributed by atoms with Crippen LogP contribution in [0.5, 0.6) is 0 Å². The van der Waals surface area contributed by atoms with Crippen molar-refractivity contribution in [2.75, 3.05) is 0 Å². The highest BCUT2D eigenvalue weighted by Gasteiger charge is 2.17. The minimum absolute atomic E-state index is 0.873. The zero-order chi connectivity index (χ0) is 39.6. The molecular formula is C56H35NO3. The normalized spacial score (nSPS) is 12.2. The molecule has 4 heterocycles. The molecule has 0 unspecified atom stereocenters. The van der Waals surface area contributed by atoms with Gasteiger partial charge in [-0.1, -0.05) is 77.9 Å². The monoisotopic (exact) mass is 769 g/mol. The van der Waals surface area contributed by atoms with Crippen LogP contribution in [-0.2, 0) is 0 Å². The summed E-state index contributed by atoms with van der Waals surface area (Å²) in [5.74, 6) is 0. The molecule has 0 N–H and O–H groups in total. The molecule has 0 aliphatic heterocycles. The van der Waals surface area contributed by atoms with E-state index in [1.54, 1.807) is 0 Å². The van der Waals surface area contributed by atoms with Gasteiger partial charge in [0.1, 0.15) is 33.5 Å². The summed E-state index contributed by atoms with van der Waals surface area (Å²) in [6.45, 7) is 4.25. The molecule has 4 nitrogen and oxygen atoms in total. The molecule has 0 spiro atoms. The molecule has 0 saturated carbocycles. The zero-order valence-electron chi connectivity index (χ0n) is 32.9. The van der Waals surface area contributed by atoms with Gasteiger partial charge < -0.3 is 17.8 Å². The van der Waals surface area contributed by atoms with Gasteiger partial charge in [0.2, 0.25) is 0 Å². The molecule has 0 bridgehead atoms. The highest BCUT2D eigenvalue weighted by Crippen LogP contribution is 2.41. The third kappa shape index (κ3) is 4.98. The van der Waals surface area contributed by atoms with Crippen molar-refractivity contribution in [2.45, 2.75) is 13.8 Å². The Hall–Kier alpha value is -7.82. The molecular weight excluding hydrogens is 735 g/mol. The number of benzene rings is 9. The predicted molar refractivity (Wildman–Crippen MR) is 248 cm³/mol. The lowest BCUT2D eigenvalue weighted by Crippen LogP contribution is -1.93. The summed E-state index contributed by atoms with van der Waals surface area (Å²) in [5, 5.41) is 9.17. The number of furan rings is 3. The van der Waals surface area contributed by atoms with E-state index in [4.69, 9.17) is 13.3 Å². The Labute approximate surface area is 344 Å². The van der Waals surface area contributed by atoms with E-state index in [-0.39, 0.29) is 0 Å². The number of hydrogen-bond donors (Lipinski definition) is 0. The van der Waals surface area contributed by atoms with Crippen molar-refractivity contribution in [1.82, 2.24) is 4.57 Å². The molecule has 0 fully saturated rings. The second-order valence-electron chi connectivity index (χ2n) is 16.3. The Morgan fingerprint density at radius 1 is 0.283 bits per heavy atom. The molecule has 4 heteroatoms. The fourth-order valence-electron chi connectivity index (χ4n) is 9.52. The first-order valence-electron chi connectivity index (χ1n) is 20.5. The van der Waals surface area contributed by atoms with Gasteiger partial charge in [-0.05, 0) is 156 Å². The van der Waals surface area contributed by atoms with Gasteiger partial charge in [0, 0.05) is 48.8 Å². The molecule has 0 atom stereocenters. The van der Waals surface area contributed by atoms with E-state index in [1.807, 2.05) is 0 Å². The number of hydrogen-bond acceptors (Lipinski definition) is 3. The van der Waals surface area contributed by atoms with Gasteiger partial charge in [-0.25, -0.2) is 0 Å². The third-order valence-electron chi connectivity index (χ3n) is 12.5. The first-order chi connectivity index (χ1) is 29.5. The fourth-order valence-corrected chi connectivity index (χ4v) is 9.52. The van der Waals surface area contributed by atoms with Crippen molar-refractivity contribution in [3.05, 3.63) is 187 Å². The highest BCUT2D eigenvalue weighted by molar-refractivity contribution is 6.13. The maximum Gasteiger partial charge on any atom is 0.136 e. The van der Waals surface area contributed by atoms with E-state index in [0.717, 1.165) is 105 Å². The Balaban J connectivity index is 0.928. The number of nitrogens with zero attached hydrogens (tertiary/aromatic N) is 1. The quantitative estimate of drug-likeness (QED) is 0.179. The molecule has 0 aliphatic rings. The van der Waals surface area contributed by atoms with E-state index >= 15 is 0 Å². The van der Waals surface area contributed by atoms with E-state index < -0.39 is 0 Å². The second-order valence-corrected chi connectivity index (χ2v) is 16.3. The number of aryl methyl sites for hydroxylation is 2. The van der Waals surface area contributed by atoms with E-state index in [1.165, 1.54) is 33.0 Å². The summed E-state index contributed by atoms with van der Waals surface area (Å²) >= 11 is 0. The average Bonchev–Trinajstić information content (AvgIpc) is 4.04. The van der Waals surface area contributed by atoms with Crippen molar-refractivity contribution in [3.63, 3.8) is 0 Å². The van der Waals surface area contributed by atoms with Gasteiger partial charge in [0.25, 0.3) is 0 Å². The standard InChI is InChI=1S/C56H35NO3/c1-32-8-19-51-44(24-32)47-29-37(14-22-54(47)58-51)34-11-17-49-42(26-34)43-27-35(12-18-50(43)57(49)40-6-4-3-5-7-40)39-10-16-41-46-28-36(13-21-53(46)60-56(41)31-39)38-15-23-55-48(30-38)45-25-33(2)9-20-52(45)59-55/h3-31H,1-2H3. The van der Waals surface area contributed by atoms with Crippen LogP contribution in [0, 0.1) is 13.8 Å². The van der Waals surface area contributed by atoms with Crippen molar-refractivity contribution in [3.8, 4) is 39.1 Å². The summed E-state index contributed by atoms with van der Waals surface area (Å²) in [6.07, 6.45) is 0. The molecule has 0 amide bonds. The van der Waals surface area contributed by atoms with Crippen LogP contribution >= 0.6 is 0 Å². The van der Waals surface area contributed by atoms with Crippen LogP contribution in [0.15, 0.2) is 189 Å². The molecule has 13 aromatic rings. The third-order valence-corrected chi connectivity index (χ3v) is 12.5. The van der Waals surface area contributed by atoms with Crippen LogP contribution in [0.4, 0.5) is 0 Å². The van der Waals surface area contributed by atoms with Crippen LogP contribution in [0.25, 0.3) is 127 Å². The van der Waals surface area contributed by atoms with Crippen molar-refractivity contribution in [2.24, 2.45) is 0 Å². The number of rotatable bonds is 4. The Bertz CT molecular complexity index is 3910. The smallest absolute Gasteiger partial charge is 0.136 e. The van der Waals surface area contributed by atoms with Crippen LogP contribution in [-0.4, -0.2) is 4.57 Å². The van der Waals surface area contributed by atoms with E-state index in [2.05, 4.69) is 194 Å². The summed E-state index contributed by atoms with van der Waals surface area (Å²) in [5.41, 5.74) is 18.2. The van der Waals surface area contributed by atoms with Gasteiger partial charge in [0.05, 0.1) is 11.0 Å². The Kier molecular flexibility index (Phi) is 6.83. The molecule has 60 heavy (non-hydrogen) atoms. The van der Waals surface area contributed by atoms with Crippen LogP contribution in [0.3, 0.4) is 0 Å². The van der Waals surface area contributed by atoms with Crippen molar-refractivity contribution >= 4 is 87.6 Å². The fraction of sp³-hybridized carbons (Fsp3) is 0.0357. The topological polar surface area (TPSA) is 44.4 Å². The van der Waals surface area contributed by atoms with Gasteiger partial charge >= 0.3 is 0 Å². The summed E-state index contributed by atoms with van der Waals surface area (Å²) in [7, 11) is 0. The molecule has 4 aromatic heterocycles. The largest absolute Gasteiger partial charge is 0.456 e. The molecule has 9 aromatic carbocycles. The lowest BCUT2D eigenvalue weighted by Gasteiger charge is -2.08. The van der Waals surface area contributed by atoms with Crippen LogP contribution < -0.4 is 0 Å². The minimum atomic E-state index is 0.873. The summed E-state index contributed by atoms with van der Waals surface area (Å²) in [6, 6.07) is 63.3. The van der Waals surface area contributed by atoms with Gasteiger partial charge in [0.15, 0.2) is 0 Å².